The zero-order valence-electron chi connectivity index (χ0n) is 20.7. The number of ketones is 1. The minimum absolute atomic E-state index is 0.0390. The van der Waals surface area contributed by atoms with Crippen LogP contribution in [-0.2, 0) is 24.3 Å². The fourth-order valence-corrected chi connectivity index (χ4v) is 6.60. The quantitative estimate of drug-likeness (QED) is 0.256. The highest BCUT2D eigenvalue weighted by Crippen LogP contribution is 2.31. The number of rotatable bonds is 10. The Bertz CT molecular complexity index is 1440. The van der Waals surface area contributed by atoms with Crippen LogP contribution >= 0.6 is 12.6 Å². The van der Waals surface area contributed by atoms with Gasteiger partial charge in [0, 0.05) is 29.1 Å². The van der Waals surface area contributed by atoms with E-state index in [2.05, 4.69) is 28.2 Å². The van der Waals surface area contributed by atoms with Crippen LogP contribution in [0, 0.1) is 0 Å². The number of esters is 1. The molecule has 2 aromatic carbocycles. The summed E-state index contributed by atoms with van der Waals surface area (Å²) >= 11 is 4.45. The number of Topliss-reactive ketones (excluding diaryl/α,β-unsaturated/α-hetero) is 1. The van der Waals surface area contributed by atoms with Gasteiger partial charge in [-0.15, -0.1) is 0 Å². The molecule has 200 valence electrons. The van der Waals surface area contributed by atoms with Gasteiger partial charge in [0.25, 0.3) is 0 Å². The van der Waals surface area contributed by atoms with Gasteiger partial charge in [-0.2, -0.15) is 16.9 Å². The van der Waals surface area contributed by atoms with Gasteiger partial charge in [0.15, 0.2) is 5.78 Å². The van der Waals surface area contributed by atoms with E-state index in [9.17, 15) is 22.8 Å². The predicted octanol–water partition coefficient (Wildman–Crippen LogP) is 2.27. The summed E-state index contributed by atoms with van der Waals surface area (Å²) in [5, 5.41) is 5.84. The van der Waals surface area contributed by atoms with Crippen molar-refractivity contribution in [3.05, 3.63) is 66.4 Å². The van der Waals surface area contributed by atoms with Crippen molar-refractivity contribution in [3.8, 4) is 0 Å². The van der Waals surface area contributed by atoms with Crippen molar-refractivity contribution < 1.29 is 27.5 Å². The van der Waals surface area contributed by atoms with Crippen molar-refractivity contribution in [1.82, 2.24) is 14.6 Å². The van der Waals surface area contributed by atoms with Gasteiger partial charge in [-0.05, 0) is 49.7 Å². The van der Waals surface area contributed by atoms with E-state index in [4.69, 9.17) is 4.74 Å². The topological polar surface area (TPSA) is 135 Å². The summed E-state index contributed by atoms with van der Waals surface area (Å²) in [5.41, 5.74) is 1.19. The number of aromatic nitrogens is 1. The molecule has 0 radical (unpaired) electrons. The first-order chi connectivity index (χ1) is 18.2. The van der Waals surface area contributed by atoms with Gasteiger partial charge < -0.3 is 15.4 Å². The number of thiol groups is 1. The Morgan fingerprint density at radius 3 is 2.55 bits per heavy atom. The highest BCUT2D eigenvalue weighted by atomic mass is 32.2. The molecular weight excluding hydrogens is 528 g/mol. The van der Waals surface area contributed by atoms with E-state index < -0.39 is 27.9 Å². The van der Waals surface area contributed by atoms with E-state index in [0.717, 1.165) is 0 Å². The van der Waals surface area contributed by atoms with E-state index in [1.54, 1.807) is 55.5 Å². The van der Waals surface area contributed by atoms with Gasteiger partial charge in [-0.25, -0.2) is 13.2 Å². The first-order valence-corrected chi connectivity index (χ1v) is 14.0. The van der Waals surface area contributed by atoms with Crippen LogP contribution in [0.2, 0.25) is 0 Å². The second kappa shape index (κ2) is 12.0. The van der Waals surface area contributed by atoms with Gasteiger partial charge in [-0.1, -0.05) is 18.2 Å². The van der Waals surface area contributed by atoms with E-state index in [0.29, 0.717) is 22.2 Å². The molecule has 2 atom stereocenters. The minimum Gasteiger partial charge on any atom is -0.462 e. The molecule has 0 bridgehead atoms. The molecular formula is C26H28N4O6S2. The Balaban J connectivity index is 1.36. The van der Waals surface area contributed by atoms with E-state index >= 15 is 0 Å². The largest absolute Gasteiger partial charge is 0.462 e. The van der Waals surface area contributed by atoms with E-state index in [-0.39, 0.29) is 48.6 Å². The van der Waals surface area contributed by atoms with Crippen molar-refractivity contribution in [2.24, 2.45) is 0 Å². The summed E-state index contributed by atoms with van der Waals surface area (Å²) < 4.78 is 33.3. The molecule has 1 amide bonds. The number of para-hydroxylation sites is 1. The average molecular weight is 557 g/mol. The summed E-state index contributed by atoms with van der Waals surface area (Å²) in [6.07, 6.45) is 1.79. The maximum absolute atomic E-state index is 13.6. The Hall–Kier alpha value is -3.32. The maximum atomic E-state index is 13.6. The number of sulfonamides is 1. The summed E-state index contributed by atoms with van der Waals surface area (Å²) in [4.78, 5) is 41.4. The molecule has 2 heterocycles. The number of carbonyl (C=O) groups is 3. The van der Waals surface area contributed by atoms with E-state index in [1.807, 2.05) is 0 Å². The van der Waals surface area contributed by atoms with Crippen molar-refractivity contribution in [2.45, 2.75) is 29.5 Å². The fourth-order valence-electron chi connectivity index (χ4n) is 4.28. The Morgan fingerprint density at radius 2 is 1.82 bits per heavy atom. The van der Waals surface area contributed by atoms with Crippen LogP contribution in [0.3, 0.4) is 0 Å². The number of carbonyl (C=O) groups excluding carboxylic acids is 3. The number of amides is 1. The zero-order chi connectivity index (χ0) is 27.3. The number of benzene rings is 2. The van der Waals surface area contributed by atoms with Gasteiger partial charge >= 0.3 is 5.97 Å². The highest BCUT2D eigenvalue weighted by Gasteiger charge is 2.43. The molecule has 1 saturated heterocycles. The SMILES string of the molecule is CCOC(=O)c1ccc(NC(=O)CNCC(=O)C2CC(S)CN2S(=O)(=O)c2cccc3cccnc23)cc1. The molecule has 0 saturated carbocycles. The number of nitrogens with one attached hydrogen (secondary N) is 2. The van der Waals surface area contributed by atoms with Gasteiger partial charge in [0.05, 0.1) is 36.8 Å². The number of nitrogens with zero attached hydrogens (tertiary/aromatic N) is 2. The molecule has 1 aromatic heterocycles. The summed E-state index contributed by atoms with van der Waals surface area (Å²) in [5.74, 6) is -1.20. The van der Waals surface area contributed by atoms with Crippen LogP contribution in [0.15, 0.2) is 65.7 Å². The van der Waals surface area contributed by atoms with Crippen LogP contribution in [0.25, 0.3) is 10.9 Å². The number of hydrogen-bond donors (Lipinski definition) is 3. The third-order valence-electron chi connectivity index (χ3n) is 6.05. The molecule has 1 aliphatic rings. The van der Waals surface area contributed by atoms with Crippen molar-refractivity contribution in [3.63, 3.8) is 0 Å². The van der Waals surface area contributed by atoms with Gasteiger partial charge in [-0.3, -0.25) is 14.6 Å². The lowest BCUT2D eigenvalue weighted by molar-refractivity contribution is -0.121. The number of pyridine rings is 1. The second-order valence-electron chi connectivity index (χ2n) is 8.73. The lowest BCUT2D eigenvalue weighted by Crippen LogP contribution is -2.44. The van der Waals surface area contributed by atoms with Crippen LogP contribution in [0.4, 0.5) is 5.69 Å². The Kier molecular flexibility index (Phi) is 8.77. The third kappa shape index (κ3) is 6.21. The summed E-state index contributed by atoms with van der Waals surface area (Å²) in [6, 6.07) is 13.7. The number of anilines is 1. The average Bonchev–Trinajstić information content (AvgIpc) is 3.31. The van der Waals surface area contributed by atoms with Gasteiger partial charge in [0.1, 0.15) is 4.90 Å². The molecule has 3 aromatic rings. The maximum Gasteiger partial charge on any atom is 0.338 e. The molecule has 1 aliphatic heterocycles. The normalized spacial score (nSPS) is 17.8. The molecule has 38 heavy (non-hydrogen) atoms. The van der Waals surface area contributed by atoms with Gasteiger partial charge in [0.2, 0.25) is 15.9 Å². The summed E-state index contributed by atoms with van der Waals surface area (Å²) in [6.45, 7) is 1.71. The molecule has 2 N–H and O–H groups in total. The highest BCUT2D eigenvalue weighted by molar-refractivity contribution is 7.89. The Labute approximate surface area is 226 Å². The third-order valence-corrected chi connectivity index (χ3v) is 8.33. The standard InChI is InChI=1S/C26H28N4O6S2/c1-2-36-26(33)18-8-10-19(11-9-18)29-24(32)15-27-14-22(31)21-13-20(37)16-30(21)38(34,35)23-7-3-5-17-6-4-12-28-25(17)23/h3-12,20-21,27,37H,2,13-16H2,1H3,(H,29,32). The molecule has 4 rings (SSSR count). The van der Waals surface area contributed by atoms with Crippen molar-refractivity contribution in [1.29, 1.82) is 0 Å². The smallest absolute Gasteiger partial charge is 0.338 e. The van der Waals surface area contributed by atoms with Crippen LogP contribution in [0.5, 0.6) is 0 Å². The zero-order valence-corrected chi connectivity index (χ0v) is 22.4. The van der Waals surface area contributed by atoms with Crippen LogP contribution in [-0.4, -0.2) is 72.9 Å². The first kappa shape index (κ1) is 27.7. The molecule has 0 aliphatic carbocycles. The summed E-state index contributed by atoms with van der Waals surface area (Å²) in [7, 11) is -4.03. The number of fused-ring (bicyclic) bond motifs is 1. The monoisotopic (exact) mass is 556 g/mol. The molecule has 10 nitrogen and oxygen atoms in total. The predicted molar refractivity (Wildman–Crippen MR) is 146 cm³/mol. The number of hydrogen-bond acceptors (Lipinski definition) is 9. The van der Waals surface area contributed by atoms with Crippen molar-refractivity contribution >= 4 is 56.9 Å². The van der Waals surface area contributed by atoms with Crippen molar-refractivity contribution in [2.75, 3.05) is 31.6 Å². The first-order valence-electron chi connectivity index (χ1n) is 12.0. The van der Waals surface area contributed by atoms with E-state index in [1.165, 1.54) is 16.6 Å². The van der Waals surface area contributed by atoms with Crippen LogP contribution < -0.4 is 10.6 Å². The molecule has 12 heteroatoms. The molecule has 2 unspecified atom stereocenters. The number of ether oxygens (including phenoxy) is 1. The lowest BCUT2D eigenvalue weighted by Gasteiger charge is -2.23. The Morgan fingerprint density at radius 1 is 1.08 bits per heavy atom. The lowest BCUT2D eigenvalue weighted by atomic mass is 10.1. The fraction of sp³-hybridized carbons (Fsp3) is 0.308. The molecule has 1 fully saturated rings. The second-order valence-corrected chi connectivity index (χ2v) is 11.3. The van der Waals surface area contributed by atoms with Crippen LogP contribution in [0.1, 0.15) is 23.7 Å². The molecule has 0 spiro atoms. The minimum atomic E-state index is -4.03.